The monoisotopic (exact) mass is 374 g/mol. The summed E-state index contributed by atoms with van der Waals surface area (Å²) < 4.78 is 5.24. The van der Waals surface area contributed by atoms with Crippen LogP contribution in [0.4, 0.5) is 4.79 Å². The molecule has 1 spiro atoms. The summed E-state index contributed by atoms with van der Waals surface area (Å²) in [5.74, 6) is 0.499. The van der Waals surface area contributed by atoms with Gasteiger partial charge in [-0.25, -0.2) is 4.79 Å². The van der Waals surface area contributed by atoms with Gasteiger partial charge in [0.05, 0.1) is 0 Å². The fourth-order valence-electron chi connectivity index (χ4n) is 3.84. The average Bonchev–Trinajstić information content (AvgIpc) is 3.18. The first-order valence-electron chi connectivity index (χ1n) is 8.72. The third-order valence-electron chi connectivity index (χ3n) is 5.35. The first kappa shape index (κ1) is 17.0. The second-order valence-corrected chi connectivity index (χ2v) is 7.40. The van der Waals surface area contributed by atoms with E-state index >= 15 is 0 Å². The number of halogens is 1. The van der Waals surface area contributed by atoms with E-state index in [0.29, 0.717) is 22.8 Å². The summed E-state index contributed by atoms with van der Waals surface area (Å²) in [6, 6.07) is 6.69. The van der Waals surface area contributed by atoms with Crippen LogP contribution in [-0.2, 0) is 11.3 Å². The van der Waals surface area contributed by atoms with Crippen molar-refractivity contribution in [1.29, 1.82) is 0 Å². The van der Waals surface area contributed by atoms with E-state index in [2.05, 4.69) is 15.5 Å². The van der Waals surface area contributed by atoms with Gasteiger partial charge in [-0.1, -0.05) is 48.7 Å². The molecule has 2 fully saturated rings. The van der Waals surface area contributed by atoms with Crippen molar-refractivity contribution in [3.63, 3.8) is 0 Å². The Morgan fingerprint density at radius 3 is 3.00 bits per heavy atom. The van der Waals surface area contributed by atoms with Crippen LogP contribution in [0.2, 0.25) is 5.02 Å². The number of nitrogens with zero attached hydrogens (tertiary/aromatic N) is 3. The molecule has 1 saturated carbocycles. The van der Waals surface area contributed by atoms with Gasteiger partial charge in [0.2, 0.25) is 11.7 Å². The number of hydrogen-bond donors (Lipinski definition) is 1. The molecule has 2 atom stereocenters. The van der Waals surface area contributed by atoms with E-state index in [0.717, 1.165) is 19.3 Å². The zero-order valence-corrected chi connectivity index (χ0v) is 15.1. The topological polar surface area (TPSA) is 88.3 Å². The van der Waals surface area contributed by atoms with Crippen LogP contribution in [0.1, 0.15) is 38.5 Å². The van der Waals surface area contributed by atoms with Crippen LogP contribution in [-0.4, -0.2) is 32.5 Å². The van der Waals surface area contributed by atoms with E-state index in [4.69, 9.17) is 16.1 Å². The van der Waals surface area contributed by atoms with Gasteiger partial charge in [0, 0.05) is 10.6 Å². The van der Waals surface area contributed by atoms with Crippen molar-refractivity contribution in [2.75, 3.05) is 0 Å². The minimum atomic E-state index is -0.787. The SMILES string of the molecule is CC1CCCCC12NC(=O)N(Cc1nc(-c3cccc(Cl)c3)no1)C2=O. The molecule has 2 aliphatic rings. The Kier molecular flexibility index (Phi) is 4.19. The zero-order chi connectivity index (χ0) is 18.3. The second-order valence-electron chi connectivity index (χ2n) is 6.96. The van der Waals surface area contributed by atoms with Crippen molar-refractivity contribution in [3.05, 3.63) is 35.2 Å². The fraction of sp³-hybridized carbons (Fsp3) is 0.444. The highest BCUT2D eigenvalue weighted by atomic mass is 35.5. The molecular weight excluding hydrogens is 356 g/mol. The van der Waals surface area contributed by atoms with Gasteiger partial charge >= 0.3 is 6.03 Å². The molecule has 7 nitrogen and oxygen atoms in total. The Morgan fingerprint density at radius 2 is 2.23 bits per heavy atom. The van der Waals surface area contributed by atoms with Crippen molar-refractivity contribution < 1.29 is 14.1 Å². The molecule has 8 heteroatoms. The summed E-state index contributed by atoms with van der Waals surface area (Å²) in [4.78, 5) is 30.9. The van der Waals surface area contributed by atoms with Gasteiger partial charge < -0.3 is 9.84 Å². The van der Waals surface area contributed by atoms with Crippen molar-refractivity contribution in [2.45, 2.75) is 44.7 Å². The molecule has 26 heavy (non-hydrogen) atoms. The van der Waals surface area contributed by atoms with E-state index in [9.17, 15) is 9.59 Å². The lowest BCUT2D eigenvalue weighted by Gasteiger charge is -2.36. The highest BCUT2D eigenvalue weighted by Gasteiger charge is 2.55. The van der Waals surface area contributed by atoms with Crippen molar-refractivity contribution >= 4 is 23.5 Å². The maximum absolute atomic E-state index is 13.0. The van der Waals surface area contributed by atoms with Gasteiger partial charge in [0.1, 0.15) is 12.1 Å². The van der Waals surface area contributed by atoms with E-state index in [1.54, 1.807) is 18.2 Å². The molecule has 136 valence electrons. The van der Waals surface area contributed by atoms with Gasteiger partial charge in [0.15, 0.2) is 0 Å². The predicted octanol–water partition coefficient (Wildman–Crippen LogP) is 3.39. The Labute approximate surface area is 155 Å². The molecule has 0 bridgehead atoms. The lowest BCUT2D eigenvalue weighted by molar-refractivity contribution is -0.134. The molecule has 1 aliphatic carbocycles. The minimum absolute atomic E-state index is 0.0350. The number of nitrogens with one attached hydrogen (secondary N) is 1. The van der Waals surface area contributed by atoms with Crippen LogP contribution in [0.25, 0.3) is 11.4 Å². The van der Waals surface area contributed by atoms with Crippen LogP contribution < -0.4 is 5.32 Å². The molecule has 1 saturated heterocycles. The quantitative estimate of drug-likeness (QED) is 0.832. The number of hydrogen-bond acceptors (Lipinski definition) is 5. The third kappa shape index (κ3) is 2.76. The number of carbonyl (C=O) groups is 2. The van der Waals surface area contributed by atoms with Gasteiger partial charge in [-0.05, 0) is 30.9 Å². The number of benzene rings is 1. The highest BCUT2D eigenvalue weighted by molar-refractivity contribution is 6.30. The van der Waals surface area contributed by atoms with Crippen LogP contribution in [0.15, 0.2) is 28.8 Å². The van der Waals surface area contributed by atoms with Gasteiger partial charge in [-0.15, -0.1) is 0 Å². The molecule has 4 rings (SSSR count). The normalized spacial score (nSPS) is 25.8. The third-order valence-corrected chi connectivity index (χ3v) is 5.58. The summed E-state index contributed by atoms with van der Waals surface area (Å²) in [7, 11) is 0. The zero-order valence-electron chi connectivity index (χ0n) is 14.4. The molecule has 2 unspecified atom stereocenters. The Balaban J connectivity index is 1.54. The summed E-state index contributed by atoms with van der Waals surface area (Å²) in [6.07, 6.45) is 3.62. The summed E-state index contributed by atoms with van der Waals surface area (Å²) in [5.41, 5.74) is -0.0763. The summed E-state index contributed by atoms with van der Waals surface area (Å²) in [6.45, 7) is 1.98. The number of amides is 3. The Morgan fingerprint density at radius 1 is 1.38 bits per heavy atom. The number of rotatable bonds is 3. The van der Waals surface area contributed by atoms with Crippen molar-refractivity contribution in [1.82, 2.24) is 20.4 Å². The predicted molar refractivity (Wildman–Crippen MR) is 94.2 cm³/mol. The average molecular weight is 375 g/mol. The maximum Gasteiger partial charge on any atom is 0.325 e. The largest absolute Gasteiger partial charge is 0.337 e. The van der Waals surface area contributed by atoms with Gasteiger partial charge in [0.25, 0.3) is 5.91 Å². The number of imide groups is 1. The van der Waals surface area contributed by atoms with Gasteiger partial charge in [-0.3, -0.25) is 9.69 Å². The molecule has 1 aromatic heterocycles. The van der Waals surface area contributed by atoms with E-state index < -0.39 is 11.6 Å². The molecular formula is C18H19ClN4O3. The van der Waals surface area contributed by atoms with Crippen LogP contribution >= 0.6 is 11.6 Å². The molecule has 2 heterocycles. The lowest BCUT2D eigenvalue weighted by atomic mass is 9.73. The van der Waals surface area contributed by atoms with E-state index in [1.165, 1.54) is 4.90 Å². The first-order chi connectivity index (χ1) is 12.5. The number of carbonyl (C=O) groups excluding carboxylic acids is 2. The van der Waals surface area contributed by atoms with Crippen LogP contribution in [0.3, 0.4) is 0 Å². The smallest absolute Gasteiger partial charge is 0.325 e. The lowest BCUT2D eigenvalue weighted by Crippen LogP contribution is -2.53. The molecule has 1 aromatic carbocycles. The standard InChI is InChI=1S/C18H19ClN4O3/c1-11-5-2-3-8-18(11)16(24)23(17(25)21-18)10-14-20-15(22-26-14)12-6-4-7-13(19)9-12/h4,6-7,9,11H,2-3,5,8,10H2,1H3,(H,21,25). The molecule has 1 aliphatic heterocycles. The van der Waals surface area contributed by atoms with Gasteiger partial charge in [-0.2, -0.15) is 4.98 Å². The Bertz CT molecular complexity index is 868. The minimum Gasteiger partial charge on any atom is -0.337 e. The van der Waals surface area contributed by atoms with Crippen LogP contribution in [0.5, 0.6) is 0 Å². The molecule has 0 radical (unpaired) electrons. The highest BCUT2D eigenvalue weighted by Crippen LogP contribution is 2.38. The number of urea groups is 1. The fourth-order valence-corrected chi connectivity index (χ4v) is 4.03. The molecule has 1 N–H and O–H groups in total. The van der Waals surface area contributed by atoms with Crippen molar-refractivity contribution in [3.8, 4) is 11.4 Å². The summed E-state index contributed by atoms with van der Waals surface area (Å²) in [5, 5.41) is 7.41. The second kappa shape index (κ2) is 6.39. The van der Waals surface area contributed by atoms with Crippen LogP contribution in [0, 0.1) is 5.92 Å². The van der Waals surface area contributed by atoms with E-state index in [1.807, 2.05) is 13.0 Å². The number of aromatic nitrogens is 2. The first-order valence-corrected chi connectivity index (χ1v) is 9.10. The van der Waals surface area contributed by atoms with Crippen molar-refractivity contribution in [2.24, 2.45) is 5.92 Å². The van der Waals surface area contributed by atoms with E-state index in [-0.39, 0.29) is 24.3 Å². The Hall–Kier alpha value is -2.41. The molecule has 3 amide bonds. The summed E-state index contributed by atoms with van der Waals surface area (Å²) >= 11 is 5.98. The molecule has 2 aromatic rings. The maximum atomic E-state index is 13.0.